The number of hydrogen-bond acceptors (Lipinski definition) is 2. The Hall–Kier alpha value is -2.53. The Morgan fingerprint density at radius 2 is 1.69 bits per heavy atom. The van der Waals surface area contributed by atoms with Crippen molar-refractivity contribution in [3.8, 4) is 0 Å². The Morgan fingerprint density at radius 3 is 2.38 bits per heavy atom. The van der Waals surface area contributed by atoms with Crippen molar-refractivity contribution >= 4 is 23.5 Å². The Balaban J connectivity index is 1.51. The van der Waals surface area contributed by atoms with E-state index in [2.05, 4.69) is 5.32 Å². The third kappa shape index (κ3) is 4.35. The predicted molar refractivity (Wildman–Crippen MR) is 102 cm³/mol. The molecule has 1 saturated heterocycles. The Labute approximate surface area is 158 Å². The minimum atomic E-state index is -0.132. The van der Waals surface area contributed by atoms with Gasteiger partial charge in [-0.15, -0.1) is 0 Å². The SMILES string of the molecule is Cc1cccc(C(=O)N2CCN(C(=O)NCc3ccccc3Cl)CC2)c1. The second kappa shape index (κ2) is 8.23. The fraction of sp³-hybridized carbons (Fsp3) is 0.300. The van der Waals surface area contributed by atoms with Gasteiger partial charge in [-0.25, -0.2) is 4.79 Å². The van der Waals surface area contributed by atoms with Crippen LogP contribution in [0.2, 0.25) is 5.02 Å². The van der Waals surface area contributed by atoms with E-state index in [0.717, 1.165) is 11.1 Å². The summed E-state index contributed by atoms with van der Waals surface area (Å²) >= 11 is 6.11. The third-order valence-corrected chi connectivity index (χ3v) is 4.88. The number of hydrogen-bond donors (Lipinski definition) is 1. The molecule has 0 saturated carbocycles. The molecule has 1 aliphatic heterocycles. The molecule has 136 valence electrons. The molecule has 1 heterocycles. The number of piperazine rings is 1. The summed E-state index contributed by atoms with van der Waals surface area (Å²) in [5, 5.41) is 3.53. The summed E-state index contributed by atoms with van der Waals surface area (Å²) < 4.78 is 0. The number of benzene rings is 2. The van der Waals surface area contributed by atoms with E-state index in [4.69, 9.17) is 11.6 Å². The van der Waals surface area contributed by atoms with Crippen molar-refractivity contribution in [2.75, 3.05) is 26.2 Å². The fourth-order valence-corrected chi connectivity index (χ4v) is 3.20. The number of carbonyl (C=O) groups is 2. The first-order chi connectivity index (χ1) is 12.5. The molecular weight excluding hydrogens is 350 g/mol. The molecular formula is C20H22ClN3O2. The minimum absolute atomic E-state index is 0.0184. The highest BCUT2D eigenvalue weighted by Gasteiger charge is 2.24. The van der Waals surface area contributed by atoms with E-state index in [-0.39, 0.29) is 11.9 Å². The summed E-state index contributed by atoms with van der Waals surface area (Å²) in [5.74, 6) is 0.0184. The van der Waals surface area contributed by atoms with Crippen LogP contribution < -0.4 is 5.32 Å². The van der Waals surface area contributed by atoms with Crippen molar-refractivity contribution in [1.82, 2.24) is 15.1 Å². The third-order valence-electron chi connectivity index (χ3n) is 4.51. The zero-order chi connectivity index (χ0) is 18.5. The van der Waals surface area contributed by atoms with Gasteiger partial charge in [-0.1, -0.05) is 47.5 Å². The first kappa shape index (κ1) is 18.3. The summed E-state index contributed by atoms with van der Waals surface area (Å²) in [6, 6.07) is 14.9. The number of carbonyl (C=O) groups excluding carboxylic acids is 2. The van der Waals surface area contributed by atoms with Gasteiger partial charge in [0.2, 0.25) is 0 Å². The number of nitrogens with zero attached hydrogens (tertiary/aromatic N) is 2. The molecule has 0 unspecified atom stereocenters. The molecule has 0 aliphatic carbocycles. The largest absolute Gasteiger partial charge is 0.335 e. The van der Waals surface area contributed by atoms with Crippen molar-refractivity contribution in [3.05, 3.63) is 70.2 Å². The maximum Gasteiger partial charge on any atom is 0.317 e. The molecule has 1 fully saturated rings. The molecule has 2 aromatic rings. The second-order valence-corrected chi connectivity index (χ2v) is 6.81. The van der Waals surface area contributed by atoms with Crippen molar-refractivity contribution < 1.29 is 9.59 Å². The highest BCUT2D eigenvalue weighted by molar-refractivity contribution is 6.31. The van der Waals surface area contributed by atoms with Crippen LogP contribution in [-0.4, -0.2) is 47.9 Å². The van der Waals surface area contributed by atoms with Crippen molar-refractivity contribution in [1.29, 1.82) is 0 Å². The van der Waals surface area contributed by atoms with E-state index >= 15 is 0 Å². The van der Waals surface area contributed by atoms with Crippen LogP contribution in [0.15, 0.2) is 48.5 Å². The normalized spacial score (nSPS) is 14.2. The van der Waals surface area contributed by atoms with Gasteiger partial charge in [0.1, 0.15) is 0 Å². The smallest absolute Gasteiger partial charge is 0.317 e. The monoisotopic (exact) mass is 371 g/mol. The van der Waals surface area contributed by atoms with E-state index in [1.54, 1.807) is 15.9 Å². The van der Waals surface area contributed by atoms with Crippen molar-refractivity contribution in [3.63, 3.8) is 0 Å². The standard InChI is InChI=1S/C20H22ClN3O2/c1-15-5-4-7-16(13-15)19(25)23-9-11-24(12-10-23)20(26)22-14-17-6-2-3-8-18(17)21/h2-8,13H,9-12,14H2,1H3,(H,22,26). The van der Waals surface area contributed by atoms with Crippen LogP contribution in [0.1, 0.15) is 21.5 Å². The van der Waals surface area contributed by atoms with Gasteiger partial charge in [-0.3, -0.25) is 4.79 Å². The van der Waals surface area contributed by atoms with Gasteiger partial charge >= 0.3 is 6.03 Å². The lowest BCUT2D eigenvalue weighted by molar-refractivity contribution is 0.0665. The molecule has 3 rings (SSSR count). The van der Waals surface area contributed by atoms with E-state index in [1.807, 2.05) is 49.4 Å². The fourth-order valence-electron chi connectivity index (χ4n) is 3.00. The molecule has 3 amide bonds. The molecule has 0 radical (unpaired) electrons. The average Bonchev–Trinajstić information content (AvgIpc) is 2.66. The van der Waals surface area contributed by atoms with Crippen LogP contribution in [0.5, 0.6) is 0 Å². The number of rotatable bonds is 3. The molecule has 2 aromatic carbocycles. The molecule has 6 heteroatoms. The Bertz CT molecular complexity index is 801. The molecule has 5 nitrogen and oxygen atoms in total. The lowest BCUT2D eigenvalue weighted by Crippen LogP contribution is -2.53. The number of aryl methyl sites for hydroxylation is 1. The van der Waals surface area contributed by atoms with E-state index in [1.165, 1.54) is 0 Å². The van der Waals surface area contributed by atoms with Crippen LogP contribution in [0.3, 0.4) is 0 Å². The number of nitrogens with one attached hydrogen (secondary N) is 1. The predicted octanol–water partition coefficient (Wildman–Crippen LogP) is 3.32. The first-order valence-corrected chi connectivity index (χ1v) is 9.04. The van der Waals surface area contributed by atoms with Crippen LogP contribution in [0.25, 0.3) is 0 Å². The van der Waals surface area contributed by atoms with E-state index in [0.29, 0.717) is 43.3 Å². The van der Waals surface area contributed by atoms with Crippen molar-refractivity contribution in [2.45, 2.75) is 13.5 Å². The molecule has 1 N–H and O–H groups in total. The molecule has 0 spiro atoms. The zero-order valence-corrected chi connectivity index (χ0v) is 15.5. The second-order valence-electron chi connectivity index (χ2n) is 6.40. The van der Waals surface area contributed by atoms with Gasteiger partial charge in [0.15, 0.2) is 0 Å². The van der Waals surface area contributed by atoms with E-state index < -0.39 is 0 Å². The molecule has 0 atom stereocenters. The quantitative estimate of drug-likeness (QED) is 0.899. The minimum Gasteiger partial charge on any atom is -0.335 e. The Kier molecular flexibility index (Phi) is 5.78. The van der Waals surface area contributed by atoms with Gasteiger partial charge in [-0.05, 0) is 30.7 Å². The van der Waals surface area contributed by atoms with Gasteiger partial charge in [0.25, 0.3) is 5.91 Å². The van der Waals surface area contributed by atoms with E-state index in [9.17, 15) is 9.59 Å². The lowest BCUT2D eigenvalue weighted by atomic mass is 10.1. The molecule has 1 aliphatic rings. The number of amides is 3. The van der Waals surface area contributed by atoms with Gasteiger partial charge in [-0.2, -0.15) is 0 Å². The summed E-state index contributed by atoms with van der Waals surface area (Å²) in [6.45, 7) is 4.47. The van der Waals surface area contributed by atoms with Gasteiger partial charge in [0, 0.05) is 43.3 Å². The van der Waals surface area contributed by atoms with Gasteiger partial charge < -0.3 is 15.1 Å². The maximum atomic E-state index is 12.6. The summed E-state index contributed by atoms with van der Waals surface area (Å²) in [5.41, 5.74) is 2.64. The number of halogens is 1. The molecule has 26 heavy (non-hydrogen) atoms. The first-order valence-electron chi connectivity index (χ1n) is 8.67. The molecule has 0 bridgehead atoms. The average molecular weight is 372 g/mol. The summed E-state index contributed by atoms with van der Waals surface area (Å²) in [6.07, 6.45) is 0. The van der Waals surface area contributed by atoms with Crippen LogP contribution in [-0.2, 0) is 6.54 Å². The van der Waals surface area contributed by atoms with Crippen LogP contribution in [0.4, 0.5) is 4.79 Å². The summed E-state index contributed by atoms with van der Waals surface area (Å²) in [4.78, 5) is 28.4. The highest BCUT2D eigenvalue weighted by atomic mass is 35.5. The number of urea groups is 1. The lowest BCUT2D eigenvalue weighted by Gasteiger charge is -2.34. The van der Waals surface area contributed by atoms with Crippen LogP contribution in [0, 0.1) is 6.92 Å². The van der Waals surface area contributed by atoms with Crippen molar-refractivity contribution in [2.24, 2.45) is 0 Å². The maximum absolute atomic E-state index is 12.6. The Morgan fingerprint density at radius 1 is 1.00 bits per heavy atom. The topological polar surface area (TPSA) is 52.7 Å². The zero-order valence-electron chi connectivity index (χ0n) is 14.7. The highest BCUT2D eigenvalue weighted by Crippen LogP contribution is 2.15. The molecule has 0 aromatic heterocycles. The van der Waals surface area contributed by atoms with Crippen LogP contribution >= 0.6 is 11.6 Å². The van der Waals surface area contributed by atoms with Gasteiger partial charge in [0.05, 0.1) is 0 Å². The summed E-state index contributed by atoms with van der Waals surface area (Å²) in [7, 11) is 0.